The Labute approximate surface area is 162 Å². The number of rotatable bonds is 7. The summed E-state index contributed by atoms with van der Waals surface area (Å²) in [6.45, 7) is 1.87. The van der Waals surface area contributed by atoms with Crippen LogP contribution in [0.25, 0.3) is 0 Å². The highest BCUT2D eigenvalue weighted by molar-refractivity contribution is 5.80. The lowest BCUT2D eigenvalue weighted by molar-refractivity contribution is -0.142. The average molecular weight is 385 g/mol. The molecule has 148 valence electrons. The summed E-state index contributed by atoms with van der Waals surface area (Å²) in [7, 11) is 0. The minimum absolute atomic E-state index is 0.00119. The lowest BCUT2D eigenvalue weighted by Crippen LogP contribution is -2.45. The third-order valence-electron chi connectivity index (χ3n) is 4.61. The highest BCUT2D eigenvalue weighted by Gasteiger charge is 2.30. The van der Waals surface area contributed by atoms with E-state index in [1.54, 1.807) is 36.4 Å². The molecule has 1 aliphatic heterocycles. The van der Waals surface area contributed by atoms with Crippen LogP contribution in [0.4, 0.5) is 10.6 Å². The number of benzene rings is 1. The number of ether oxygens (including phenoxy) is 1. The van der Waals surface area contributed by atoms with Gasteiger partial charge in [-0.25, -0.2) is 14.6 Å². The predicted molar refractivity (Wildman–Crippen MR) is 102 cm³/mol. The Balaban J connectivity index is 1.60. The first-order valence-corrected chi connectivity index (χ1v) is 9.13. The Morgan fingerprint density at radius 3 is 2.46 bits per heavy atom. The van der Waals surface area contributed by atoms with Gasteiger partial charge in [0.15, 0.2) is 6.04 Å². The molecule has 0 saturated carbocycles. The van der Waals surface area contributed by atoms with Crippen molar-refractivity contribution in [2.45, 2.75) is 31.6 Å². The van der Waals surface area contributed by atoms with Crippen molar-refractivity contribution in [3.8, 4) is 0 Å². The maximum absolute atomic E-state index is 12.0. The summed E-state index contributed by atoms with van der Waals surface area (Å²) in [6, 6.07) is 10.8. The number of aliphatic hydroxyl groups is 1. The van der Waals surface area contributed by atoms with E-state index in [-0.39, 0.29) is 6.61 Å². The van der Waals surface area contributed by atoms with E-state index in [9.17, 15) is 19.8 Å². The first kappa shape index (κ1) is 19.6. The van der Waals surface area contributed by atoms with Crippen LogP contribution in [0.3, 0.4) is 0 Å². The van der Waals surface area contributed by atoms with Crippen molar-refractivity contribution in [3.63, 3.8) is 0 Å². The van der Waals surface area contributed by atoms with Crippen LogP contribution in [0.5, 0.6) is 0 Å². The molecule has 2 aromatic rings. The first-order chi connectivity index (χ1) is 13.5. The number of hydrogen-bond donors (Lipinski definition) is 3. The molecule has 0 unspecified atom stereocenters. The van der Waals surface area contributed by atoms with Gasteiger partial charge in [0.25, 0.3) is 0 Å². The molecule has 1 saturated heterocycles. The molecule has 8 nitrogen and oxygen atoms in total. The number of aliphatic carboxylic acids is 1. The Kier molecular flexibility index (Phi) is 6.44. The van der Waals surface area contributed by atoms with Gasteiger partial charge in [-0.05, 0) is 24.5 Å². The van der Waals surface area contributed by atoms with E-state index >= 15 is 0 Å². The molecule has 1 aromatic heterocycles. The number of aromatic nitrogens is 1. The molecule has 0 aliphatic carbocycles. The number of hydrogen-bond acceptors (Lipinski definition) is 6. The molecule has 1 amide bonds. The number of carboxylic acids is 1. The Morgan fingerprint density at radius 2 is 1.86 bits per heavy atom. The van der Waals surface area contributed by atoms with Gasteiger partial charge in [0.2, 0.25) is 0 Å². The van der Waals surface area contributed by atoms with Crippen LogP contribution in [0.1, 0.15) is 30.1 Å². The summed E-state index contributed by atoms with van der Waals surface area (Å²) in [5.41, 5.74) is 1.07. The Morgan fingerprint density at radius 1 is 1.14 bits per heavy atom. The van der Waals surface area contributed by atoms with E-state index in [0.29, 0.717) is 5.56 Å². The van der Waals surface area contributed by atoms with Crippen LogP contribution in [0, 0.1) is 0 Å². The quantitative estimate of drug-likeness (QED) is 0.669. The van der Waals surface area contributed by atoms with Crippen LogP contribution < -0.4 is 10.2 Å². The molecule has 1 fully saturated rings. The number of carboxylic acid groups (broad SMARTS) is 1. The number of carbonyl (C=O) groups is 2. The lowest BCUT2D eigenvalue weighted by Gasteiger charge is -2.21. The van der Waals surface area contributed by atoms with Gasteiger partial charge in [-0.3, -0.25) is 0 Å². The molecule has 8 heteroatoms. The number of carbonyl (C=O) groups excluding carboxylic acids is 1. The minimum atomic E-state index is -1.55. The topological polar surface area (TPSA) is 112 Å². The molecular formula is C20H23N3O5. The molecule has 2 heterocycles. The number of anilines is 1. The molecule has 28 heavy (non-hydrogen) atoms. The van der Waals surface area contributed by atoms with E-state index in [2.05, 4.69) is 15.2 Å². The van der Waals surface area contributed by atoms with Gasteiger partial charge in [0, 0.05) is 24.8 Å². The maximum Gasteiger partial charge on any atom is 0.408 e. The molecule has 0 spiro atoms. The number of amides is 1. The second-order valence-corrected chi connectivity index (χ2v) is 6.61. The van der Waals surface area contributed by atoms with Gasteiger partial charge < -0.3 is 25.2 Å². The standard InChI is InChI=1S/C20H23N3O5/c24-18(15-8-9-16(21-12-15)23-10-4-5-11-23)17(19(25)26)22-20(27)28-13-14-6-2-1-3-7-14/h1-3,6-9,12,17-18,24H,4-5,10-11,13H2,(H,22,27)(H,25,26)/t17-,18-/m1/s1. The monoisotopic (exact) mass is 385 g/mol. The summed E-state index contributed by atoms with van der Waals surface area (Å²) in [6.07, 6.45) is 1.29. The average Bonchev–Trinajstić information content (AvgIpc) is 3.25. The normalized spacial score (nSPS) is 15.7. The van der Waals surface area contributed by atoms with Crippen molar-refractivity contribution in [2.24, 2.45) is 0 Å². The van der Waals surface area contributed by atoms with E-state index < -0.39 is 24.2 Å². The number of nitrogens with zero attached hydrogens (tertiary/aromatic N) is 2. The zero-order chi connectivity index (χ0) is 19.9. The van der Waals surface area contributed by atoms with E-state index in [1.807, 2.05) is 6.07 Å². The number of alkyl carbamates (subject to hydrolysis) is 1. The van der Waals surface area contributed by atoms with Crippen LogP contribution >= 0.6 is 0 Å². The fraction of sp³-hybridized carbons (Fsp3) is 0.350. The van der Waals surface area contributed by atoms with Gasteiger partial charge >= 0.3 is 12.1 Å². The van der Waals surface area contributed by atoms with Crippen LogP contribution in [0.2, 0.25) is 0 Å². The van der Waals surface area contributed by atoms with Gasteiger partial charge in [-0.2, -0.15) is 0 Å². The smallest absolute Gasteiger partial charge is 0.408 e. The molecule has 3 N–H and O–H groups in total. The molecule has 3 rings (SSSR count). The molecule has 0 radical (unpaired) electrons. The van der Waals surface area contributed by atoms with E-state index in [1.165, 1.54) is 6.20 Å². The highest BCUT2D eigenvalue weighted by atomic mass is 16.5. The summed E-state index contributed by atoms with van der Waals surface area (Å²) in [4.78, 5) is 29.9. The zero-order valence-corrected chi connectivity index (χ0v) is 15.3. The molecule has 0 bridgehead atoms. The summed E-state index contributed by atoms with van der Waals surface area (Å²) in [5, 5.41) is 22.0. The van der Waals surface area contributed by atoms with E-state index in [0.717, 1.165) is 37.3 Å². The number of nitrogens with one attached hydrogen (secondary N) is 1. The first-order valence-electron chi connectivity index (χ1n) is 9.13. The largest absolute Gasteiger partial charge is 0.480 e. The molecule has 1 aromatic carbocycles. The molecule has 2 atom stereocenters. The fourth-order valence-corrected chi connectivity index (χ4v) is 3.07. The van der Waals surface area contributed by atoms with Crippen molar-refractivity contribution in [3.05, 3.63) is 59.8 Å². The molecular weight excluding hydrogens is 362 g/mol. The van der Waals surface area contributed by atoms with Crippen molar-refractivity contribution in [2.75, 3.05) is 18.0 Å². The van der Waals surface area contributed by atoms with Crippen molar-refractivity contribution < 1.29 is 24.5 Å². The summed E-state index contributed by atoms with van der Waals surface area (Å²) >= 11 is 0. The van der Waals surface area contributed by atoms with Gasteiger partial charge in [-0.15, -0.1) is 0 Å². The maximum atomic E-state index is 12.0. The Bertz CT molecular complexity index is 791. The predicted octanol–water partition coefficient (Wildman–Crippen LogP) is 2.09. The number of pyridine rings is 1. The lowest BCUT2D eigenvalue weighted by atomic mass is 10.0. The third-order valence-corrected chi connectivity index (χ3v) is 4.61. The second-order valence-electron chi connectivity index (χ2n) is 6.61. The minimum Gasteiger partial charge on any atom is -0.480 e. The van der Waals surface area contributed by atoms with Gasteiger partial charge in [-0.1, -0.05) is 36.4 Å². The highest BCUT2D eigenvalue weighted by Crippen LogP contribution is 2.22. The third kappa shape index (κ3) is 4.98. The Hall–Kier alpha value is -3.13. The van der Waals surface area contributed by atoms with Crippen molar-refractivity contribution in [1.29, 1.82) is 0 Å². The van der Waals surface area contributed by atoms with Crippen LogP contribution in [-0.2, 0) is 16.1 Å². The van der Waals surface area contributed by atoms with Crippen molar-refractivity contribution >= 4 is 17.9 Å². The van der Waals surface area contributed by atoms with E-state index in [4.69, 9.17) is 4.74 Å². The van der Waals surface area contributed by atoms with Crippen LogP contribution in [-0.4, -0.2) is 46.4 Å². The van der Waals surface area contributed by atoms with Gasteiger partial charge in [0.05, 0.1) is 0 Å². The summed E-state index contributed by atoms with van der Waals surface area (Å²) in [5.74, 6) is -0.580. The van der Waals surface area contributed by atoms with Crippen LogP contribution in [0.15, 0.2) is 48.7 Å². The number of aliphatic hydroxyl groups excluding tert-OH is 1. The summed E-state index contributed by atoms with van der Waals surface area (Å²) < 4.78 is 5.03. The van der Waals surface area contributed by atoms with Gasteiger partial charge in [0.1, 0.15) is 18.5 Å². The second kappa shape index (κ2) is 9.18. The zero-order valence-electron chi connectivity index (χ0n) is 15.3. The molecule has 1 aliphatic rings. The SMILES string of the molecule is O=C(N[C@@H](C(=O)O)[C@H](O)c1ccc(N2CCCC2)nc1)OCc1ccccc1. The fourth-order valence-electron chi connectivity index (χ4n) is 3.07. The van der Waals surface area contributed by atoms with Crippen molar-refractivity contribution in [1.82, 2.24) is 10.3 Å².